The van der Waals surface area contributed by atoms with Crippen LogP contribution in [0.1, 0.15) is 182 Å². The van der Waals surface area contributed by atoms with Crippen LogP contribution in [0.4, 0.5) is 0 Å². The fourth-order valence-corrected chi connectivity index (χ4v) is 5.88. The molecule has 0 bridgehead atoms. The second-order valence-electron chi connectivity index (χ2n) is 12.4. The Hall–Kier alpha value is -0.136. The van der Waals surface area contributed by atoms with Gasteiger partial charge in [-0.3, -0.25) is 4.57 Å². The second-order valence-corrected chi connectivity index (χ2v) is 14.3. The van der Waals surface area contributed by atoms with Crippen molar-refractivity contribution in [2.45, 2.75) is 183 Å². The molecule has 44 heavy (non-hydrogen) atoms. The third kappa shape index (κ3) is 30.5. The van der Waals surface area contributed by atoms with Gasteiger partial charge in [0.2, 0.25) is 0 Å². The van der Waals surface area contributed by atoms with Gasteiger partial charge < -0.3 is 22.8 Å². The van der Waals surface area contributed by atoms with E-state index in [0.717, 1.165) is 32.1 Å². The van der Waals surface area contributed by atoms with Crippen LogP contribution in [0.25, 0.3) is 0 Å². The Labute approximate surface area is 287 Å². The average molecular weight is 682 g/mol. The minimum atomic E-state index is -3.71. The summed E-state index contributed by atoms with van der Waals surface area (Å²) in [4.78, 5) is 10.3. The van der Waals surface area contributed by atoms with E-state index in [-0.39, 0.29) is 16.5 Å². The van der Waals surface area contributed by atoms with Crippen molar-refractivity contribution in [3.8, 4) is 0 Å². The Morgan fingerprint density at radius 3 is 1.73 bits per heavy atom. The van der Waals surface area contributed by atoms with E-state index in [4.69, 9.17) is 4.52 Å². The quantitative estimate of drug-likeness (QED) is 0.0484. The summed E-state index contributed by atoms with van der Waals surface area (Å²) in [5.74, 6) is 1.07. The van der Waals surface area contributed by atoms with Gasteiger partial charge in [0.15, 0.2) is 0 Å². The fraction of sp³-hybridized carbons (Fsp3) is 0.795. The molecule has 1 rings (SSSR count). The van der Waals surface area contributed by atoms with Crippen molar-refractivity contribution < 1.29 is 30.5 Å². The van der Waals surface area contributed by atoms with E-state index in [1.165, 1.54) is 108 Å². The van der Waals surface area contributed by atoms with Crippen LogP contribution in [0, 0.1) is 25.2 Å². The van der Waals surface area contributed by atoms with Crippen molar-refractivity contribution in [3.63, 3.8) is 0 Å². The van der Waals surface area contributed by atoms with E-state index in [1.807, 2.05) is 12.1 Å². The first-order valence-corrected chi connectivity index (χ1v) is 20.0. The number of hydrogen-bond acceptors (Lipinski definition) is 2. The van der Waals surface area contributed by atoms with Crippen molar-refractivity contribution in [3.05, 3.63) is 43.2 Å². The molecule has 1 aromatic carbocycles. The van der Waals surface area contributed by atoms with Crippen LogP contribution in [0.5, 0.6) is 0 Å². The molecule has 0 fully saturated rings. The summed E-state index contributed by atoms with van der Waals surface area (Å²) in [6.07, 6.45) is 28.8. The molecular weight excluding hydrogens is 606 g/mol. The Bertz CT molecular complexity index is 719. The summed E-state index contributed by atoms with van der Waals surface area (Å²) in [7, 11) is -3.71. The Kier molecular flexibility index (Phi) is 39.2. The maximum Gasteiger partial charge on any atom is 2.00 e. The number of aryl methyl sites for hydroxylation is 1. The van der Waals surface area contributed by atoms with Gasteiger partial charge in [0.05, 0.1) is 11.9 Å². The maximum absolute atomic E-state index is 12.5. The third-order valence-electron chi connectivity index (χ3n) is 8.25. The Morgan fingerprint density at radius 2 is 1.23 bits per heavy atom. The summed E-state index contributed by atoms with van der Waals surface area (Å²) >= 11 is 0. The van der Waals surface area contributed by atoms with Gasteiger partial charge in [-0.1, -0.05) is 163 Å². The molecule has 0 saturated carbocycles. The number of unbranched alkanes of at least 4 members (excludes halogenated alkanes) is 13. The summed E-state index contributed by atoms with van der Waals surface area (Å²) in [5.41, 5.74) is 1.24. The topological polar surface area (TPSA) is 46.5 Å². The van der Waals surface area contributed by atoms with E-state index in [1.54, 1.807) is 12.1 Å². The first-order valence-electron chi connectivity index (χ1n) is 18.4. The van der Waals surface area contributed by atoms with Gasteiger partial charge >= 0.3 is 24.1 Å². The van der Waals surface area contributed by atoms with Gasteiger partial charge in [0, 0.05) is 0 Å². The van der Waals surface area contributed by atoms with E-state index in [0.29, 0.717) is 23.7 Å². The molecule has 0 aromatic heterocycles. The van der Waals surface area contributed by atoms with Crippen molar-refractivity contribution in [2.24, 2.45) is 11.8 Å². The zero-order valence-corrected chi connectivity index (χ0v) is 32.2. The van der Waals surface area contributed by atoms with Gasteiger partial charge in [-0.25, -0.2) is 0 Å². The van der Waals surface area contributed by atoms with Crippen molar-refractivity contribution in [2.75, 3.05) is 6.61 Å². The molecule has 1 aromatic rings. The molecule has 0 aliphatic rings. The minimum absolute atomic E-state index is 0. The monoisotopic (exact) mass is 680 g/mol. The van der Waals surface area contributed by atoms with E-state index in [2.05, 4.69) is 61.8 Å². The molecule has 0 amide bonds. The Morgan fingerprint density at radius 1 is 0.727 bits per heavy atom. The van der Waals surface area contributed by atoms with E-state index >= 15 is 0 Å². The van der Waals surface area contributed by atoms with Gasteiger partial charge in [-0.05, 0) is 42.9 Å². The standard InChI is InChI=1S/C23H41O3P.2C8H17.Ni/c1-4-7-9-10-11-12-13-15-22-16-18-23(19-17-22)27(24,25)26-20-21(6-3)14-8-5-2;1-4-6-7-8(3)5-2;1-3-5-7-8-6-4-2;/h16-19,21H,4-15,20H2,1-3H3,(H,24,25);8H,3-7H2,1-2H3;3H,4-8H2,1-2H3;/q;2*-1;+2. The van der Waals surface area contributed by atoms with Crippen LogP contribution in [-0.2, 0) is 32.0 Å². The molecule has 3 nitrogen and oxygen atoms in total. The molecule has 0 aliphatic carbocycles. The molecule has 0 radical (unpaired) electrons. The number of rotatable bonds is 25. The van der Waals surface area contributed by atoms with Crippen LogP contribution < -0.4 is 5.30 Å². The van der Waals surface area contributed by atoms with Gasteiger partial charge in [0.25, 0.3) is 0 Å². The number of hydrogen-bond donors (Lipinski definition) is 1. The number of benzene rings is 1. The molecule has 5 heteroatoms. The zero-order chi connectivity index (χ0) is 32.6. The SMILES string of the molecule is CCCCCCCCCc1ccc(P(=O)(O)OCC(CC)CCCC)cc1.C[CH-]CCCCCC.[CH2-]C(CC)CCCC.[Ni+2]. The molecule has 3 unspecified atom stereocenters. The maximum atomic E-state index is 12.5. The molecular formula is C39H75NiO3P. The first kappa shape index (κ1) is 48.3. The molecule has 264 valence electrons. The predicted octanol–water partition coefficient (Wildman–Crippen LogP) is 13.2. The van der Waals surface area contributed by atoms with Crippen molar-refractivity contribution in [1.82, 2.24) is 0 Å². The fourth-order valence-electron chi connectivity index (χ4n) is 4.79. The van der Waals surface area contributed by atoms with Crippen molar-refractivity contribution >= 4 is 12.9 Å². The van der Waals surface area contributed by atoms with Crippen LogP contribution in [0.15, 0.2) is 24.3 Å². The Balaban J connectivity index is -0.000000811. The molecule has 0 saturated heterocycles. The van der Waals surface area contributed by atoms with E-state index < -0.39 is 7.60 Å². The third-order valence-corrected chi connectivity index (χ3v) is 9.70. The summed E-state index contributed by atoms with van der Waals surface area (Å²) in [6, 6.07) is 7.49. The summed E-state index contributed by atoms with van der Waals surface area (Å²) < 4.78 is 18.0. The summed E-state index contributed by atoms with van der Waals surface area (Å²) in [6.45, 7) is 19.7. The van der Waals surface area contributed by atoms with Crippen LogP contribution in [0.3, 0.4) is 0 Å². The molecule has 3 atom stereocenters. The van der Waals surface area contributed by atoms with Gasteiger partial charge in [-0.2, -0.15) is 19.3 Å². The normalized spacial score (nSPS) is 13.4. The van der Waals surface area contributed by atoms with Crippen LogP contribution in [-0.4, -0.2) is 11.5 Å². The summed E-state index contributed by atoms with van der Waals surface area (Å²) in [5, 5.41) is 0.413. The molecule has 0 spiro atoms. The minimum Gasteiger partial charge on any atom is -0.340 e. The zero-order valence-electron chi connectivity index (χ0n) is 30.3. The smallest absolute Gasteiger partial charge is 0.340 e. The van der Waals surface area contributed by atoms with Crippen LogP contribution >= 0.6 is 7.60 Å². The largest absolute Gasteiger partial charge is 2.00 e. The van der Waals surface area contributed by atoms with Crippen LogP contribution in [0.2, 0.25) is 0 Å². The average Bonchev–Trinajstić information content (AvgIpc) is 3.02. The first-order chi connectivity index (χ1) is 20.8. The van der Waals surface area contributed by atoms with Gasteiger partial charge in [-0.15, -0.1) is 0 Å². The second kappa shape index (κ2) is 35.7. The molecule has 1 N–H and O–H groups in total. The molecule has 0 heterocycles. The predicted molar refractivity (Wildman–Crippen MR) is 194 cm³/mol. The van der Waals surface area contributed by atoms with E-state index in [9.17, 15) is 9.46 Å². The van der Waals surface area contributed by atoms with Gasteiger partial charge in [0.1, 0.15) is 0 Å². The molecule has 0 aliphatic heterocycles. The van der Waals surface area contributed by atoms with Crippen molar-refractivity contribution in [1.29, 1.82) is 0 Å².